The minimum atomic E-state index is -0.0548. The van der Waals surface area contributed by atoms with Crippen molar-refractivity contribution in [3.8, 4) is 23.0 Å². The maximum Gasteiger partial charge on any atom is 0.162 e. The zero-order valence-electron chi connectivity index (χ0n) is 18.4. The quantitative estimate of drug-likeness (QED) is 0.652. The van der Waals surface area contributed by atoms with Gasteiger partial charge in [0.25, 0.3) is 0 Å². The summed E-state index contributed by atoms with van der Waals surface area (Å²) in [5.41, 5.74) is 1.08. The van der Waals surface area contributed by atoms with Gasteiger partial charge in [0.1, 0.15) is 26.4 Å². The van der Waals surface area contributed by atoms with Crippen LogP contribution in [0.25, 0.3) is 0 Å². The van der Waals surface area contributed by atoms with Crippen LogP contribution in [-0.2, 0) is 9.47 Å². The van der Waals surface area contributed by atoms with Gasteiger partial charge in [-0.05, 0) is 50.2 Å². The lowest BCUT2D eigenvalue weighted by atomic mass is 10.1. The number of ether oxygens (including phenoxy) is 6. The molecular weight excluding hydrogens is 416 g/mol. The third-order valence-electron chi connectivity index (χ3n) is 4.64. The van der Waals surface area contributed by atoms with Gasteiger partial charge in [-0.2, -0.15) is 0 Å². The van der Waals surface area contributed by atoms with Crippen molar-refractivity contribution in [3.63, 3.8) is 0 Å². The minimum Gasteiger partial charge on any atom is -0.487 e. The van der Waals surface area contributed by atoms with Gasteiger partial charge in [-0.25, -0.2) is 0 Å². The average molecular weight is 444 g/mol. The van der Waals surface area contributed by atoms with Gasteiger partial charge in [0.05, 0.1) is 26.4 Å². The number of hydrogen-bond donors (Lipinski definition) is 0. The zero-order valence-corrected chi connectivity index (χ0v) is 18.4. The highest BCUT2D eigenvalue weighted by Crippen LogP contribution is 2.30. The fraction of sp³-hybridized carbons (Fsp3) is 0.417. The van der Waals surface area contributed by atoms with E-state index in [2.05, 4.69) is 0 Å². The van der Waals surface area contributed by atoms with Crippen LogP contribution in [0.1, 0.15) is 34.6 Å². The first-order valence-corrected chi connectivity index (χ1v) is 10.5. The van der Waals surface area contributed by atoms with Crippen LogP contribution in [0.3, 0.4) is 0 Å². The first kappa shape index (κ1) is 23.6. The summed E-state index contributed by atoms with van der Waals surface area (Å²) < 4.78 is 34.2. The number of hydrogen-bond acceptors (Lipinski definition) is 8. The van der Waals surface area contributed by atoms with Gasteiger partial charge in [0.15, 0.2) is 34.6 Å². The average Bonchev–Trinajstić information content (AvgIpc) is 2.78. The second-order valence-corrected chi connectivity index (χ2v) is 7.05. The van der Waals surface area contributed by atoms with Crippen LogP contribution >= 0.6 is 0 Å². The van der Waals surface area contributed by atoms with Gasteiger partial charge in [-0.1, -0.05) is 0 Å². The molecule has 0 unspecified atom stereocenters. The SMILES string of the molecule is CC(=O)c1ccc2c(c1)OCCOCCOc1cc(C(C)=O)ccc1OCCOCCO2. The van der Waals surface area contributed by atoms with Gasteiger partial charge in [0.2, 0.25) is 0 Å². The Kier molecular flexibility index (Phi) is 8.89. The molecule has 0 spiro atoms. The number of fused-ring (bicyclic) bond motifs is 2. The van der Waals surface area contributed by atoms with Crippen LogP contribution in [0.2, 0.25) is 0 Å². The molecule has 0 radical (unpaired) electrons. The van der Waals surface area contributed by atoms with E-state index >= 15 is 0 Å². The van der Waals surface area contributed by atoms with Crippen LogP contribution in [0.5, 0.6) is 23.0 Å². The Morgan fingerprint density at radius 3 is 1.22 bits per heavy atom. The van der Waals surface area contributed by atoms with E-state index in [1.807, 2.05) is 0 Å². The molecule has 1 aliphatic rings. The molecule has 8 nitrogen and oxygen atoms in total. The van der Waals surface area contributed by atoms with E-state index in [0.29, 0.717) is 73.8 Å². The van der Waals surface area contributed by atoms with Gasteiger partial charge in [-0.3, -0.25) is 9.59 Å². The second-order valence-electron chi connectivity index (χ2n) is 7.05. The number of carbonyl (C=O) groups is 2. The molecule has 0 fully saturated rings. The summed E-state index contributed by atoms with van der Waals surface area (Å²) in [5.74, 6) is 1.92. The van der Waals surface area contributed by atoms with E-state index in [0.717, 1.165) is 0 Å². The number of carbonyl (C=O) groups excluding carboxylic acids is 2. The van der Waals surface area contributed by atoms with E-state index in [9.17, 15) is 9.59 Å². The molecular formula is C24H28O8. The first-order valence-electron chi connectivity index (χ1n) is 10.5. The summed E-state index contributed by atoms with van der Waals surface area (Å²) in [6.07, 6.45) is 0. The second kappa shape index (κ2) is 12.1. The molecule has 8 heteroatoms. The lowest BCUT2D eigenvalue weighted by molar-refractivity contribution is 0.0639. The van der Waals surface area contributed by atoms with Crippen molar-refractivity contribution in [3.05, 3.63) is 47.5 Å². The molecule has 0 bridgehead atoms. The van der Waals surface area contributed by atoms with E-state index < -0.39 is 0 Å². The summed E-state index contributed by atoms with van der Waals surface area (Å²) in [5, 5.41) is 0. The Balaban J connectivity index is 1.64. The molecule has 0 N–H and O–H groups in total. The fourth-order valence-corrected chi connectivity index (χ4v) is 2.96. The van der Waals surface area contributed by atoms with Gasteiger partial charge in [0, 0.05) is 11.1 Å². The Hall–Kier alpha value is -3.10. The fourth-order valence-electron chi connectivity index (χ4n) is 2.96. The molecule has 172 valence electrons. The third kappa shape index (κ3) is 6.96. The molecule has 0 saturated heterocycles. The molecule has 0 aromatic heterocycles. The van der Waals surface area contributed by atoms with Crippen LogP contribution < -0.4 is 18.9 Å². The van der Waals surface area contributed by atoms with Gasteiger partial charge < -0.3 is 28.4 Å². The molecule has 0 saturated carbocycles. The van der Waals surface area contributed by atoms with Crippen LogP contribution in [0.4, 0.5) is 0 Å². The molecule has 32 heavy (non-hydrogen) atoms. The topological polar surface area (TPSA) is 89.5 Å². The van der Waals surface area contributed by atoms with Crippen molar-refractivity contribution >= 4 is 11.6 Å². The Labute approximate surface area is 187 Å². The number of rotatable bonds is 2. The summed E-state index contributed by atoms with van der Waals surface area (Å²) in [6.45, 7) is 5.55. The largest absolute Gasteiger partial charge is 0.487 e. The molecule has 3 rings (SSSR count). The number of ketones is 2. The summed E-state index contributed by atoms with van der Waals surface area (Å²) >= 11 is 0. The predicted molar refractivity (Wildman–Crippen MR) is 117 cm³/mol. The van der Waals surface area contributed by atoms with Crippen molar-refractivity contribution in [1.29, 1.82) is 0 Å². The maximum atomic E-state index is 11.7. The van der Waals surface area contributed by atoms with Crippen LogP contribution in [0, 0.1) is 0 Å². The first-order chi connectivity index (χ1) is 15.5. The zero-order chi connectivity index (χ0) is 22.8. The van der Waals surface area contributed by atoms with Crippen LogP contribution in [-0.4, -0.2) is 64.4 Å². The van der Waals surface area contributed by atoms with E-state index in [1.54, 1.807) is 36.4 Å². The highest BCUT2D eigenvalue weighted by molar-refractivity contribution is 5.95. The summed E-state index contributed by atoms with van der Waals surface area (Å²) in [4.78, 5) is 23.4. The Morgan fingerprint density at radius 1 is 0.531 bits per heavy atom. The van der Waals surface area contributed by atoms with Crippen molar-refractivity contribution < 1.29 is 38.0 Å². The van der Waals surface area contributed by atoms with Crippen molar-refractivity contribution in [2.24, 2.45) is 0 Å². The van der Waals surface area contributed by atoms with E-state index in [-0.39, 0.29) is 24.8 Å². The van der Waals surface area contributed by atoms with Crippen molar-refractivity contribution in [2.75, 3.05) is 52.9 Å². The van der Waals surface area contributed by atoms with Crippen molar-refractivity contribution in [2.45, 2.75) is 13.8 Å². The lowest BCUT2D eigenvalue weighted by Crippen LogP contribution is -2.15. The minimum absolute atomic E-state index is 0.0548. The Morgan fingerprint density at radius 2 is 0.875 bits per heavy atom. The molecule has 2 aromatic rings. The highest BCUT2D eigenvalue weighted by Gasteiger charge is 2.12. The van der Waals surface area contributed by atoms with Crippen LogP contribution in [0.15, 0.2) is 36.4 Å². The smallest absolute Gasteiger partial charge is 0.162 e. The van der Waals surface area contributed by atoms with Gasteiger partial charge >= 0.3 is 0 Å². The summed E-state index contributed by atoms with van der Waals surface area (Å²) in [6, 6.07) is 10.2. The molecule has 2 aromatic carbocycles. The van der Waals surface area contributed by atoms with E-state index in [1.165, 1.54) is 13.8 Å². The highest BCUT2D eigenvalue weighted by atomic mass is 16.6. The Bertz CT molecular complexity index is 851. The third-order valence-corrected chi connectivity index (χ3v) is 4.64. The molecule has 0 atom stereocenters. The van der Waals surface area contributed by atoms with Crippen molar-refractivity contribution in [1.82, 2.24) is 0 Å². The molecule has 0 amide bonds. The molecule has 1 aliphatic heterocycles. The molecule has 0 aliphatic carbocycles. The lowest BCUT2D eigenvalue weighted by Gasteiger charge is -2.16. The number of benzene rings is 2. The maximum absolute atomic E-state index is 11.7. The van der Waals surface area contributed by atoms with Gasteiger partial charge in [-0.15, -0.1) is 0 Å². The predicted octanol–water partition coefficient (Wildman–Crippen LogP) is 3.35. The molecule has 1 heterocycles. The summed E-state index contributed by atoms with van der Waals surface area (Å²) in [7, 11) is 0. The normalized spacial score (nSPS) is 15.8. The standard InChI is InChI=1S/C24H28O8/c1-17(25)19-3-5-21-23(15-19)31-13-9-28-10-14-32-24-16-20(18(2)26)4-6-22(24)30-12-8-27-7-11-29-21/h3-6,15-16H,7-14H2,1-2H3. The van der Waals surface area contributed by atoms with E-state index in [4.69, 9.17) is 28.4 Å². The monoisotopic (exact) mass is 444 g/mol. The number of Topliss-reactive ketones (excluding diaryl/α,β-unsaturated/α-hetero) is 2.